The van der Waals surface area contributed by atoms with E-state index in [0.29, 0.717) is 5.92 Å². The van der Waals surface area contributed by atoms with Crippen LogP contribution in [0.1, 0.15) is 32.3 Å². The highest BCUT2D eigenvalue weighted by Crippen LogP contribution is 2.24. The standard InChI is InChI=1S/C14H20Cl2/c1-3-11(2)8-12(10-15)9-13-6-4-5-7-14(13)16/h4-7,11-12H,3,8-10H2,1-2H3. The minimum Gasteiger partial charge on any atom is -0.126 e. The maximum absolute atomic E-state index is 6.15. The van der Waals surface area contributed by atoms with E-state index >= 15 is 0 Å². The van der Waals surface area contributed by atoms with Gasteiger partial charge in [-0.05, 0) is 36.3 Å². The van der Waals surface area contributed by atoms with E-state index in [0.717, 1.165) is 23.2 Å². The first-order valence-electron chi connectivity index (χ1n) is 5.96. The molecule has 0 nitrogen and oxygen atoms in total. The first-order valence-corrected chi connectivity index (χ1v) is 6.88. The van der Waals surface area contributed by atoms with E-state index in [4.69, 9.17) is 23.2 Å². The molecule has 90 valence electrons. The predicted molar refractivity (Wildman–Crippen MR) is 73.4 cm³/mol. The van der Waals surface area contributed by atoms with Gasteiger partial charge < -0.3 is 0 Å². The lowest BCUT2D eigenvalue weighted by Gasteiger charge is -2.18. The molecule has 0 aliphatic heterocycles. The van der Waals surface area contributed by atoms with Gasteiger partial charge in [0.1, 0.15) is 0 Å². The fraction of sp³-hybridized carbons (Fsp3) is 0.571. The zero-order valence-electron chi connectivity index (χ0n) is 10.0. The number of hydrogen-bond donors (Lipinski definition) is 0. The lowest BCUT2D eigenvalue weighted by molar-refractivity contribution is 0.407. The summed E-state index contributed by atoms with van der Waals surface area (Å²) >= 11 is 12.2. The average molecular weight is 259 g/mol. The normalized spacial score (nSPS) is 14.8. The molecule has 0 spiro atoms. The van der Waals surface area contributed by atoms with Crippen LogP contribution >= 0.6 is 23.2 Å². The van der Waals surface area contributed by atoms with Crippen LogP contribution in [0.5, 0.6) is 0 Å². The summed E-state index contributed by atoms with van der Waals surface area (Å²) in [6.45, 7) is 4.51. The molecule has 2 atom stereocenters. The number of hydrogen-bond acceptors (Lipinski definition) is 0. The lowest BCUT2D eigenvalue weighted by Crippen LogP contribution is -2.11. The zero-order valence-corrected chi connectivity index (χ0v) is 11.6. The third kappa shape index (κ3) is 4.35. The maximum atomic E-state index is 6.15. The summed E-state index contributed by atoms with van der Waals surface area (Å²) in [7, 11) is 0. The van der Waals surface area contributed by atoms with Crippen LogP contribution in [-0.4, -0.2) is 5.88 Å². The molecule has 0 radical (unpaired) electrons. The van der Waals surface area contributed by atoms with Crippen LogP contribution in [-0.2, 0) is 6.42 Å². The van der Waals surface area contributed by atoms with Gasteiger partial charge in [0.05, 0.1) is 0 Å². The Bertz CT molecular complexity index is 309. The minimum absolute atomic E-state index is 0.538. The van der Waals surface area contributed by atoms with Crippen LogP contribution in [0.4, 0.5) is 0 Å². The Morgan fingerprint density at radius 2 is 1.94 bits per heavy atom. The third-order valence-electron chi connectivity index (χ3n) is 3.12. The Morgan fingerprint density at radius 3 is 2.50 bits per heavy atom. The molecule has 0 amide bonds. The molecule has 1 rings (SSSR count). The lowest BCUT2D eigenvalue weighted by atomic mass is 9.90. The van der Waals surface area contributed by atoms with E-state index in [1.807, 2.05) is 18.2 Å². The summed E-state index contributed by atoms with van der Waals surface area (Å²) < 4.78 is 0. The van der Waals surface area contributed by atoms with E-state index in [9.17, 15) is 0 Å². The summed E-state index contributed by atoms with van der Waals surface area (Å²) in [5.41, 5.74) is 1.22. The molecule has 2 heteroatoms. The van der Waals surface area contributed by atoms with Crippen molar-refractivity contribution in [2.75, 3.05) is 5.88 Å². The van der Waals surface area contributed by atoms with Crippen molar-refractivity contribution in [3.63, 3.8) is 0 Å². The number of benzene rings is 1. The largest absolute Gasteiger partial charge is 0.126 e. The van der Waals surface area contributed by atoms with Crippen molar-refractivity contribution in [2.24, 2.45) is 11.8 Å². The highest BCUT2D eigenvalue weighted by atomic mass is 35.5. The first kappa shape index (κ1) is 13.9. The highest BCUT2D eigenvalue weighted by molar-refractivity contribution is 6.31. The Balaban J connectivity index is 2.60. The Hall–Kier alpha value is -0.200. The second kappa shape index (κ2) is 7.19. The molecule has 16 heavy (non-hydrogen) atoms. The van der Waals surface area contributed by atoms with Crippen molar-refractivity contribution < 1.29 is 0 Å². The smallest absolute Gasteiger partial charge is 0.0438 e. The fourth-order valence-corrected chi connectivity index (χ4v) is 2.36. The van der Waals surface area contributed by atoms with E-state index in [1.54, 1.807) is 0 Å². The quantitative estimate of drug-likeness (QED) is 0.618. The third-order valence-corrected chi connectivity index (χ3v) is 3.92. The van der Waals surface area contributed by atoms with Gasteiger partial charge in [-0.25, -0.2) is 0 Å². The number of alkyl halides is 1. The van der Waals surface area contributed by atoms with Crippen LogP contribution in [0.15, 0.2) is 24.3 Å². The molecule has 1 aromatic carbocycles. The monoisotopic (exact) mass is 258 g/mol. The maximum Gasteiger partial charge on any atom is 0.0438 e. The van der Waals surface area contributed by atoms with Gasteiger partial charge in [0.25, 0.3) is 0 Å². The van der Waals surface area contributed by atoms with Crippen LogP contribution in [0, 0.1) is 11.8 Å². The van der Waals surface area contributed by atoms with Crippen molar-refractivity contribution in [3.8, 4) is 0 Å². The predicted octanol–water partition coefficient (Wildman–Crippen LogP) is 5.17. The molecular weight excluding hydrogens is 239 g/mol. The van der Waals surface area contributed by atoms with Crippen molar-refractivity contribution >= 4 is 23.2 Å². The topological polar surface area (TPSA) is 0 Å². The Labute approximate surface area is 109 Å². The van der Waals surface area contributed by atoms with E-state index < -0.39 is 0 Å². The summed E-state index contributed by atoms with van der Waals surface area (Å²) in [4.78, 5) is 0. The van der Waals surface area contributed by atoms with Crippen LogP contribution in [0.3, 0.4) is 0 Å². The molecule has 0 bridgehead atoms. The van der Waals surface area contributed by atoms with Crippen molar-refractivity contribution in [3.05, 3.63) is 34.9 Å². The summed E-state index contributed by atoms with van der Waals surface area (Å²) in [6.07, 6.45) is 3.40. The van der Waals surface area contributed by atoms with E-state index in [2.05, 4.69) is 19.9 Å². The number of rotatable bonds is 6. The van der Waals surface area contributed by atoms with Crippen molar-refractivity contribution in [1.29, 1.82) is 0 Å². The molecule has 0 aliphatic carbocycles. The van der Waals surface area contributed by atoms with Gasteiger partial charge >= 0.3 is 0 Å². The fourth-order valence-electron chi connectivity index (χ4n) is 1.91. The highest BCUT2D eigenvalue weighted by Gasteiger charge is 2.13. The summed E-state index contributed by atoms with van der Waals surface area (Å²) in [5.74, 6) is 2.00. The second-order valence-corrected chi connectivity index (χ2v) is 5.28. The average Bonchev–Trinajstić information content (AvgIpc) is 2.30. The molecule has 1 aromatic rings. The minimum atomic E-state index is 0.538. The van der Waals surface area contributed by atoms with Gasteiger partial charge in [-0.1, -0.05) is 50.1 Å². The first-order chi connectivity index (χ1) is 7.67. The molecule has 0 saturated heterocycles. The number of halogens is 2. The Kier molecular flexibility index (Phi) is 6.23. The van der Waals surface area contributed by atoms with Gasteiger partial charge in [-0.2, -0.15) is 0 Å². The van der Waals surface area contributed by atoms with Gasteiger partial charge in [-0.15, -0.1) is 11.6 Å². The summed E-state index contributed by atoms with van der Waals surface area (Å²) in [5, 5.41) is 0.863. The molecule has 0 aliphatic rings. The van der Waals surface area contributed by atoms with E-state index in [1.165, 1.54) is 18.4 Å². The summed E-state index contributed by atoms with van der Waals surface area (Å²) in [6, 6.07) is 8.05. The molecule has 0 heterocycles. The molecule has 0 N–H and O–H groups in total. The van der Waals surface area contributed by atoms with Gasteiger partial charge in [0, 0.05) is 10.9 Å². The molecule has 0 saturated carbocycles. The molecular formula is C14H20Cl2. The van der Waals surface area contributed by atoms with Gasteiger partial charge in [0.15, 0.2) is 0 Å². The zero-order chi connectivity index (χ0) is 12.0. The Morgan fingerprint density at radius 1 is 1.25 bits per heavy atom. The molecule has 0 aromatic heterocycles. The van der Waals surface area contributed by atoms with Crippen LogP contribution in [0.25, 0.3) is 0 Å². The van der Waals surface area contributed by atoms with Gasteiger partial charge in [0.2, 0.25) is 0 Å². The molecule has 2 unspecified atom stereocenters. The van der Waals surface area contributed by atoms with Crippen molar-refractivity contribution in [2.45, 2.75) is 33.1 Å². The van der Waals surface area contributed by atoms with E-state index in [-0.39, 0.29) is 0 Å². The SMILES string of the molecule is CCC(C)CC(CCl)Cc1ccccc1Cl. The molecule has 0 fully saturated rings. The van der Waals surface area contributed by atoms with Crippen LogP contribution in [0.2, 0.25) is 5.02 Å². The second-order valence-electron chi connectivity index (χ2n) is 4.56. The van der Waals surface area contributed by atoms with Gasteiger partial charge in [-0.3, -0.25) is 0 Å². The van der Waals surface area contributed by atoms with Crippen LogP contribution < -0.4 is 0 Å². The van der Waals surface area contributed by atoms with Crippen molar-refractivity contribution in [1.82, 2.24) is 0 Å².